The Labute approximate surface area is 233 Å². The van der Waals surface area contributed by atoms with Crippen molar-refractivity contribution in [1.82, 2.24) is 8.61 Å². The predicted molar refractivity (Wildman–Crippen MR) is 149 cm³/mol. The first-order chi connectivity index (χ1) is 17.9. The van der Waals surface area contributed by atoms with E-state index in [9.17, 15) is 35.1 Å². The van der Waals surface area contributed by atoms with Crippen molar-refractivity contribution in [2.24, 2.45) is 5.92 Å². The summed E-state index contributed by atoms with van der Waals surface area (Å²) in [5, 5.41) is 10.0. The topological polar surface area (TPSA) is 98.2 Å². The number of hydrogen-bond donors (Lipinski definition) is 1. The van der Waals surface area contributed by atoms with Gasteiger partial charge in [-0.15, -0.1) is 0 Å². The van der Waals surface area contributed by atoms with Crippen LogP contribution in [0, 0.1) is 5.92 Å². The Kier molecular flexibility index (Phi) is 9.40. The zero-order valence-corrected chi connectivity index (χ0v) is 24.7. The van der Waals surface area contributed by atoms with Crippen molar-refractivity contribution in [3.05, 3.63) is 53.0 Å². The number of allylic oxidation sites excluding steroid dienone is 4. The molecule has 218 valence electrons. The maximum atomic E-state index is 13.5. The summed E-state index contributed by atoms with van der Waals surface area (Å²) in [4.78, 5) is 2.12. The van der Waals surface area contributed by atoms with Crippen LogP contribution in [0.15, 0.2) is 47.4 Å². The summed E-state index contributed by atoms with van der Waals surface area (Å²) < 4.78 is 94.8. The standard InChI is InChI=1S/C25H34F3N3O5S3/c1-18(2)15-30(38(4,33)34)17-21-16-29(39(35,36)23-8-6-5-7-22(23)37)13-14-31(21)20-11-9-19(10-12-20)24(3,32)25(26,27)28/h5-6,8-12,18,21,32H,7,13-17H2,1-4H3/t21-,24+/m1/s1. The largest absolute Gasteiger partial charge is 0.421 e. The van der Waals surface area contributed by atoms with Gasteiger partial charge in [0, 0.05) is 49.7 Å². The smallest absolute Gasteiger partial charge is 0.376 e. The third kappa shape index (κ3) is 7.09. The first kappa shape index (κ1) is 31.7. The van der Waals surface area contributed by atoms with Crippen molar-refractivity contribution in [1.29, 1.82) is 0 Å². The van der Waals surface area contributed by atoms with Crippen LogP contribution in [0.25, 0.3) is 0 Å². The number of halogens is 3. The van der Waals surface area contributed by atoms with Crippen molar-refractivity contribution < 1.29 is 35.1 Å². The zero-order valence-electron chi connectivity index (χ0n) is 22.2. The van der Waals surface area contributed by atoms with Crippen LogP contribution in [0.1, 0.15) is 32.8 Å². The number of anilines is 1. The summed E-state index contributed by atoms with van der Waals surface area (Å²) >= 11 is 5.28. The molecule has 8 nitrogen and oxygen atoms in total. The Morgan fingerprint density at radius 2 is 1.74 bits per heavy atom. The Hall–Kier alpha value is -1.84. The summed E-state index contributed by atoms with van der Waals surface area (Å²) in [7, 11) is -7.61. The molecule has 0 bridgehead atoms. The number of rotatable bonds is 9. The van der Waals surface area contributed by atoms with Gasteiger partial charge in [-0.3, -0.25) is 0 Å². The minimum atomic E-state index is -4.88. The molecule has 1 fully saturated rings. The number of alkyl halides is 3. The molecule has 1 N–H and O–H groups in total. The molecular formula is C25H34F3N3O5S3. The van der Waals surface area contributed by atoms with E-state index in [0.717, 1.165) is 6.26 Å². The van der Waals surface area contributed by atoms with Gasteiger partial charge < -0.3 is 10.0 Å². The minimum Gasteiger partial charge on any atom is -0.376 e. The van der Waals surface area contributed by atoms with Crippen molar-refractivity contribution >= 4 is 42.8 Å². The lowest BCUT2D eigenvalue weighted by molar-refractivity contribution is -0.258. The molecule has 0 amide bonds. The molecule has 1 saturated heterocycles. The molecule has 0 aromatic heterocycles. The van der Waals surface area contributed by atoms with Crippen LogP contribution in [0.2, 0.25) is 0 Å². The lowest BCUT2D eigenvalue weighted by atomic mass is 9.95. The van der Waals surface area contributed by atoms with Gasteiger partial charge in [-0.25, -0.2) is 16.8 Å². The highest BCUT2D eigenvalue weighted by atomic mass is 32.2. The first-order valence-electron chi connectivity index (χ1n) is 12.4. The number of sulfonamides is 2. The second-order valence-corrected chi connectivity index (χ2v) is 14.8. The van der Waals surface area contributed by atoms with Gasteiger partial charge in [0.05, 0.1) is 17.2 Å². The maximum absolute atomic E-state index is 13.5. The number of hydrogen-bond acceptors (Lipinski definition) is 7. The van der Waals surface area contributed by atoms with E-state index in [4.69, 9.17) is 12.2 Å². The second kappa shape index (κ2) is 11.6. The fourth-order valence-corrected chi connectivity index (χ4v) is 7.65. The van der Waals surface area contributed by atoms with Gasteiger partial charge in [0.1, 0.15) is 0 Å². The van der Waals surface area contributed by atoms with Gasteiger partial charge >= 0.3 is 6.18 Å². The molecule has 0 radical (unpaired) electrons. The van der Waals surface area contributed by atoms with E-state index in [-0.39, 0.29) is 49.1 Å². The van der Waals surface area contributed by atoms with Gasteiger partial charge in [-0.05, 0) is 36.6 Å². The van der Waals surface area contributed by atoms with E-state index >= 15 is 0 Å². The summed E-state index contributed by atoms with van der Waals surface area (Å²) in [6, 6.07) is 4.53. The molecule has 1 aromatic rings. The molecule has 0 unspecified atom stereocenters. The summed E-state index contributed by atoms with van der Waals surface area (Å²) in [6.45, 7) is 4.74. The van der Waals surface area contributed by atoms with Crippen molar-refractivity contribution in [2.45, 2.75) is 45.0 Å². The molecule has 1 aliphatic heterocycles. The lowest BCUT2D eigenvalue weighted by Crippen LogP contribution is -2.59. The fraction of sp³-hybridized carbons (Fsp3) is 0.560. The molecule has 2 atom stereocenters. The van der Waals surface area contributed by atoms with Gasteiger partial charge in [0.15, 0.2) is 5.60 Å². The van der Waals surface area contributed by atoms with Crippen LogP contribution >= 0.6 is 12.2 Å². The third-order valence-electron chi connectivity index (χ3n) is 6.79. The van der Waals surface area contributed by atoms with Crippen molar-refractivity contribution in [3.63, 3.8) is 0 Å². The molecule has 0 spiro atoms. The monoisotopic (exact) mass is 609 g/mol. The average Bonchev–Trinajstić information content (AvgIpc) is 2.82. The molecule has 1 heterocycles. The second-order valence-electron chi connectivity index (χ2n) is 10.4. The van der Waals surface area contributed by atoms with Crippen LogP contribution in [-0.2, 0) is 25.6 Å². The van der Waals surface area contributed by atoms with Crippen LogP contribution in [-0.4, -0.2) is 86.6 Å². The van der Waals surface area contributed by atoms with Crippen LogP contribution in [0.4, 0.5) is 18.9 Å². The minimum absolute atomic E-state index is 0.00274. The highest BCUT2D eigenvalue weighted by Crippen LogP contribution is 2.39. The van der Waals surface area contributed by atoms with E-state index in [2.05, 4.69) is 0 Å². The molecule has 2 aliphatic rings. The van der Waals surface area contributed by atoms with E-state index in [1.54, 1.807) is 17.1 Å². The van der Waals surface area contributed by atoms with E-state index in [1.807, 2.05) is 13.8 Å². The van der Waals surface area contributed by atoms with E-state index < -0.39 is 37.9 Å². The van der Waals surface area contributed by atoms with Crippen LogP contribution in [0.3, 0.4) is 0 Å². The highest BCUT2D eigenvalue weighted by Gasteiger charge is 2.51. The van der Waals surface area contributed by atoms with Gasteiger partial charge in [-0.1, -0.05) is 50.4 Å². The Morgan fingerprint density at radius 1 is 1.13 bits per heavy atom. The van der Waals surface area contributed by atoms with Gasteiger partial charge in [-0.2, -0.15) is 21.8 Å². The fourth-order valence-electron chi connectivity index (χ4n) is 4.56. The van der Waals surface area contributed by atoms with Crippen molar-refractivity contribution in [3.8, 4) is 0 Å². The summed E-state index contributed by atoms with van der Waals surface area (Å²) in [5.74, 6) is -0.00274. The lowest BCUT2D eigenvalue weighted by Gasteiger charge is -2.44. The van der Waals surface area contributed by atoms with Crippen LogP contribution in [0.5, 0.6) is 0 Å². The van der Waals surface area contributed by atoms with E-state index in [0.29, 0.717) is 23.9 Å². The van der Waals surface area contributed by atoms with Crippen LogP contribution < -0.4 is 4.90 Å². The number of aliphatic hydroxyl groups is 1. The normalized spacial score (nSPS) is 21.4. The number of benzene rings is 1. The molecule has 0 saturated carbocycles. The zero-order chi connectivity index (χ0) is 29.4. The Bertz CT molecular complexity index is 1340. The van der Waals surface area contributed by atoms with Gasteiger partial charge in [0.2, 0.25) is 20.0 Å². The Balaban J connectivity index is 1.98. The molecule has 14 heteroatoms. The average molecular weight is 610 g/mol. The quantitative estimate of drug-likeness (QED) is 0.429. The Morgan fingerprint density at radius 3 is 2.26 bits per heavy atom. The maximum Gasteiger partial charge on any atom is 0.421 e. The number of nitrogens with zero attached hydrogens (tertiary/aromatic N) is 3. The number of piperazine rings is 1. The number of thiocarbonyl (C=S) groups is 1. The van der Waals surface area contributed by atoms with Crippen molar-refractivity contribution in [2.75, 3.05) is 43.9 Å². The summed E-state index contributed by atoms with van der Waals surface area (Å²) in [5.41, 5.74) is -2.92. The van der Waals surface area contributed by atoms with E-state index in [1.165, 1.54) is 39.0 Å². The van der Waals surface area contributed by atoms with Gasteiger partial charge in [0.25, 0.3) is 0 Å². The molecule has 1 aromatic carbocycles. The SMILES string of the molecule is CC(C)CN(C[C@H]1CN(S(=O)(=O)C2=CC=CCC2=S)CCN1c1ccc([C@](C)(O)C(F)(F)F)cc1)S(C)(=O)=O. The third-order valence-corrected chi connectivity index (χ3v) is 10.5. The highest BCUT2D eigenvalue weighted by molar-refractivity contribution is 7.96. The first-order valence-corrected chi connectivity index (χ1v) is 16.1. The molecular weight excluding hydrogens is 575 g/mol. The molecule has 1 aliphatic carbocycles. The predicted octanol–water partition coefficient (Wildman–Crippen LogP) is 3.41. The molecule has 3 rings (SSSR count). The molecule has 39 heavy (non-hydrogen) atoms. The summed E-state index contributed by atoms with van der Waals surface area (Å²) in [6.07, 6.45) is 1.37.